The van der Waals surface area contributed by atoms with Crippen molar-refractivity contribution in [3.05, 3.63) is 42.2 Å². The summed E-state index contributed by atoms with van der Waals surface area (Å²) in [5.74, 6) is -0.0690. The first-order valence-corrected chi connectivity index (χ1v) is 4.84. The number of aromatic nitrogens is 3. The molecule has 0 radical (unpaired) electrons. The van der Waals surface area contributed by atoms with Gasteiger partial charge in [0.25, 0.3) is 0 Å². The Labute approximate surface area is 97.5 Å². The Bertz CT molecular complexity index is 520. The van der Waals surface area contributed by atoms with Crippen molar-refractivity contribution in [1.82, 2.24) is 15.0 Å². The maximum atomic E-state index is 5.14. The number of hydrogen-bond acceptors (Lipinski definition) is 4. The van der Waals surface area contributed by atoms with Gasteiger partial charge in [-0.1, -0.05) is 17.3 Å². The zero-order valence-corrected chi connectivity index (χ0v) is 8.93. The number of hydrogen-bond donors (Lipinski definition) is 2. The van der Waals surface area contributed by atoms with E-state index in [9.17, 15) is 0 Å². The van der Waals surface area contributed by atoms with Crippen LogP contribution in [0.4, 0.5) is 0 Å². The number of guanidine groups is 1. The van der Waals surface area contributed by atoms with Crippen molar-refractivity contribution >= 4 is 12.2 Å². The summed E-state index contributed by atoms with van der Waals surface area (Å²) in [4.78, 5) is 0. The number of nitrogens with zero attached hydrogens (tertiary/aromatic N) is 5. The first-order chi connectivity index (χ1) is 8.25. The van der Waals surface area contributed by atoms with Crippen LogP contribution in [0.3, 0.4) is 0 Å². The van der Waals surface area contributed by atoms with Gasteiger partial charge in [-0.05, 0) is 17.7 Å². The topological polar surface area (TPSA) is 107 Å². The highest BCUT2D eigenvalue weighted by Crippen LogP contribution is 2.06. The third-order valence-corrected chi connectivity index (χ3v) is 1.96. The highest BCUT2D eigenvalue weighted by molar-refractivity contribution is 5.81. The fourth-order valence-corrected chi connectivity index (χ4v) is 1.22. The van der Waals surface area contributed by atoms with Crippen molar-refractivity contribution in [2.75, 3.05) is 0 Å². The molecule has 0 aliphatic carbocycles. The van der Waals surface area contributed by atoms with Gasteiger partial charge in [0.15, 0.2) is 0 Å². The minimum Gasteiger partial charge on any atom is -0.369 e. The number of benzene rings is 1. The second-order valence-corrected chi connectivity index (χ2v) is 3.21. The van der Waals surface area contributed by atoms with Gasteiger partial charge in [0.05, 0.1) is 24.3 Å². The van der Waals surface area contributed by atoms with Crippen molar-refractivity contribution in [3.8, 4) is 5.69 Å². The Morgan fingerprint density at radius 2 is 2.00 bits per heavy atom. The molecule has 0 unspecified atom stereocenters. The highest BCUT2D eigenvalue weighted by Gasteiger charge is 1.95. The third-order valence-electron chi connectivity index (χ3n) is 1.96. The van der Waals surface area contributed by atoms with Crippen molar-refractivity contribution in [2.45, 2.75) is 0 Å². The van der Waals surface area contributed by atoms with Crippen LogP contribution in [-0.2, 0) is 0 Å². The van der Waals surface area contributed by atoms with E-state index in [4.69, 9.17) is 11.5 Å². The lowest BCUT2D eigenvalue weighted by Crippen LogP contribution is -2.21. The largest absolute Gasteiger partial charge is 0.369 e. The van der Waals surface area contributed by atoms with Crippen LogP contribution in [0.5, 0.6) is 0 Å². The fourth-order valence-electron chi connectivity index (χ4n) is 1.22. The Morgan fingerprint density at radius 3 is 2.59 bits per heavy atom. The molecule has 0 spiro atoms. The van der Waals surface area contributed by atoms with E-state index in [0.29, 0.717) is 0 Å². The molecule has 1 aromatic carbocycles. The second kappa shape index (κ2) is 4.88. The van der Waals surface area contributed by atoms with Gasteiger partial charge in [0.1, 0.15) is 0 Å². The van der Waals surface area contributed by atoms with Crippen LogP contribution >= 0.6 is 0 Å². The van der Waals surface area contributed by atoms with Gasteiger partial charge in [-0.15, -0.1) is 10.2 Å². The Hall–Kier alpha value is -2.70. The van der Waals surface area contributed by atoms with E-state index in [-0.39, 0.29) is 5.96 Å². The van der Waals surface area contributed by atoms with E-state index in [1.807, 2.05) is 24.3 Å². The van der Waals surface area contributed by atoms with Crippen LogP contribution in [0.1, 0.15) is 5.56 Å². The zero-order valence-electron chi connectivity index (χ0n) is 8.93. The lowest BCUT2D eigenvalue weighted by molar-refractivity contribution is 0.803. The minimum absolute atomic E-state index is 0.0690. The highest BCUT2D eigenvalue weighted by atomic mass is 15.4. The van der Waals surface area contributed by atoms with Gasteiger partial charge in [0.2, 0.25) is 5.96 Å². The molecular formula is C10H11N7. The quantitative estimate of drug-likeness (QED) is 0.434. The first kappa shape index (κ1) is 10.8. The summed E-state index contributed by atoms with van der Waals surface area (Å²) in [6.07, 6.45) is 4.95. The third kappa shape index (κ3) is 2.88. The molecule has 1 aromatic heterocycles. The molecule has 1 heterocycles. The number of rotatable bonds is 3. The summed E-state index contributed by atoms with van der Waals surface area (Å²) < 4.78 is 1.66. The van der Waals surface area contributed by atoms with Crippen molar-refractivity contribution in [1.29, 1.82) is 0 Å². The molecule has 7 nitrogen and oxygen atoms in total. The summed E-state index contributed by atoms with van der Waals surface area (Å²) in [5, 5.41) is 14.8. The predicted molar refractivity (Wildman–Crippen MR) is 64.8 cm³/mol. The predicted octanol–water partition coefficient (Wildman–Crippen LogP) is -0.125. The molecule has 2 aromatic rings. The first-order valence-electron chi connectivity index (χ1n) is 4.84. The molecule has 4 N–H and O–H groups in total. The van der Waals surface area contributed by atoms with E-state index in [0.717, 1.165) is 11.3 Å². The van der Waals surface area contributed by atoms with E-state index >= 15 is 0 Å². The second-order valence-electron chi connectivity index (χ2n) is 3.21. The normalized spacial score (nSPS) is 10.6. The molecule has 0 saturated carbocycles. The van der Waals surface area contributed by atoms with E-state index in [1.165, 1.54) is 0 Å². The van der Waals surface area contributed by atoms with E-state index < -0.39 is 0 Å². The Balaban J connectivity index is 2.14. The molecule has 0 aliphatic rings. The van der Waals surface area contributed by atoms with E-state index in [2.05, 4.69) is 20.5 Å². The summed E-state index contributed by atoms with van der Waals surface area (Å²) in [6.45, 7) is 0. The molecule has 0 atom stereocenters. The van der Waals surface area contributed by atoms with E-state index in [1.54, 1.807) is 23.3 Å². The summed E-state index contributed by atoms with van der Waals surface area (Å²) in [6, 6.07) is 7.54. The smallest absolute Gasteiger partial charge is 0.211 e. The van der Waals surface area contributed by atoms with Crippen LogP contribution in [0, 0.1) is 0 Å². The number of nitrogens with two attached hydrogens (primary N) is 2. The van der Waals surface area contributed by atoms with Gasteiger partial charge in [-0.25, -0.2) is 4.68 Å². The molecule has 7 heteroatoms. The van der Waals surface area contributed by atoms with Crippen molar-refractivity contribution < 1.29 is 0 Å². The average molecular weight is 229 g/mol. The molecule has 0 saturated heterocycles. The fraction of sp³-hybridized carbons (Fsp3) is 0. The summed E-state index contributed by atoms with van der Waals surface area (Å²) in [7, 11) is 0. The van der Waals surface area contributed by atoms with Crippen LogP contribution < -0.4 is 11.5 Å². The van der Waals surface area contributed by atoms with Gasteiger partial charge in [0, 0.05) is 0 Å². The lowest BCUT2D eigenvalue weighted by Gasteiger charge is -1.99. The lowest BCUT2D eigenvalue weighted by atomic mass is 10.2. The van der Waals surface area contributed by atoms with Crippen LogP contribution in [0.2, 0.25) is 0 Å². The molecule has 0 fully saturated rings. The zero-order chi connectivity index (χ0) is 12.1. The molecule has 17 heavy (non-hydrogen) atoms. The van der Waals surface area contributed by atoms with Gasteiger partial charge < -0.3 is 11.5 Å². The average Bonchev–Trinajstić information content (AvgIpc) is 2.83. The Morgan fingerprint density at radius 1 is 1.24 bits per heavy atom. The molecule has 0 amide bonds. The maximum absolute atomic E-state index is 5.14. The van der Waals surface area contributed by atoms with Crippen LogP contribution in [-0.4, -0.2) is 27.2 Å². The van der Waals surface area contributed by atoms with Crippen LogP contribution in [0.25, 0.3) is 5.69 Å². The maximum Gasteiger partial charge on any atom is 0.211 e. The molecular weight excluding hydrogens is 218 g/mol. The summed E-state index contributed by atoms with van der Waals surface area (Å²) in [5.41, 5.74) is 12.1. The summed E-state index contributed by atoms with van der Waals surface area (Å²) >= 11 is 0. The van der Waals surface area contributed by atoms with Gasteiger partial charge in [-0.2, -0.15) is 5.10 Å². The standard InChI is InChI=1S/C10H11N7/c11-10(12)15-14-7-8-1-3-9(4-2-8)17-6-5-13-16-17/h1-7H,(H4,11,12,15)/b14-7+. The molecule has 2 rings (SSSR count). The van der Waals surface area contributed by atoms with Crippen LogP contribution in [0.15, 0.2) is 46.9 Å². The monoisotopic (exact) mass is 229 g/mol. The van der Waals surface area contributed by atoms with Crippen molar-refractivity contribution in [3.63, 3.8) is 0 Å². The minimum atomic E-state index is -0.0690. The van der Waals surface area contributed by atoms with Gasteiger partial charge >= 0.3 is 0 Å². The molecule has 86 valence electrons. The SMILES string of the molecule is NC(N)=N/N=C/c1ccc(-n2ccnn2)cc1. The molecule has 0 bridgehead atoms. The molecule has 0 aliphatic heterocycles. The van der Waals surface area contributed by atoms with Gasteiger partial charge in [-0.3, -0.25) is 0 Å². The Kier molecular flexibility index (Phi) is 3.10. The van der Waals surface area contributed by atoms with Crippen molar-refractivity contribution in [2.24, 2.45) is 21.7 Å².